The van der Waals surface area contributed by atoms with Crippen LogP contribution in [0.15, 0.2) is 48.8 Å². The molecule has 2 amide bonds. The molecule has 0 bridgehead atoms. The number of rotatable bonds is 6. The standard InChI is InChI=1S/C19H24N4O2/c1-25-17-8-6-15(7-9-17)18(23-11-2-3-12-23)14-21-19(24)22-16-5-4-10-20-13-16/h4-10,13,18H,2-3,11-12,14H2,1H3,(H2,21,22,24). The molecule has 1 unspecified atom stereocenters. The fourth-order valence-electron chi connectivity index (χ4n) is 3.14. The number of hydrogen-bond donors (Lipinski definition) is 2. The summed E-state index contributed by atoms with van der Waals surface area (Å²) in [6, 6.07) is 11.6. The van der Waals surface area contributed by atoms with E-state index in [0.717, 1.165) is 18.8 Å². The molecule has 2 N–H and O–H groups in total. The van der Waals surface area contributed by atoms with Crippen molar-refractivity contribution in [1.29, 1.82) is 0 Å². The predicted molar refractivity (Wildman–Crippen MR) is 97.8 cm³/mol. The third-order valence-electron chi connectivity index (χ3n) is 4.46. The van der Waals surface area contributed by atoms with Crippen molar-refractivity contribution in [2.24, 2.45) is 0 Å². The van der Waals surface area contributed by atoms with Gasteiger partial charge in [-0.15, -0.1) is 0 Å². The second-order valence-electron chi connectivity index (χ2n) is 6.11. The number of nitrogens with one attached hydrogen (secondary N) is 2. The number of carbonyl (C=O) groups excluding carboxylic acids is 1. The van der Waals surface area contributed by atoms with Crippen molar-refractivity contribution in [2.75, 3.05) is 32.1 Å². The number of aromatic nitrogens is 1. The highest BCUT2D eigenvalue weighted by Crippen LogP contribution is 2.26. The molecule has 3 rings (SSSR count). The maximum atomic E-state index is 12.2. The van der Waals surface area contributed by atoms with E-state index >= 15 is 0 Å². The summed E-state index contributed by atoms with van der Waals surface area (Å²) in [6.45, 7) is 2.67. The first-order chi connectivity index (χ1) is 12.3. The molecule has 1 atom stereocenters. The molecule has 132 valence electrons. The lowest BCUT2D eigenvalue weighted by Gasteiger charge is -2.28. The lowest BCUT2D eigenvalue weighted by atomic mass is 10.1. The molecule has 0 saturated carbocycles. The summed E-state index contributed by atoms with van der Waals surface area (Å²) in [5, 5.41) is 5.79. The van der Waals surface area contributed by atoms with Crippen molar-refractivity contribution in [3.8, 4) is 5.75 Å². The van der Waals surface area contributed by atoms with Gasteiger partial charge in [0.1, 0.15) is 5.75 Å². The molecular formula is C19H24N4O2. The van der Waals surface area contributed by atoms with Crippen molar-refractivity contribution >= 4 is 11.7 Å². The largest absolute Gasteiger partial charge is 0.497 e. The minimum atomic E-state index is -0.217. The van der Waals surface area contributed by atoms with E-state index in [1.807, 2.05) is 18.2 Å². The lowest BCUT2D eigenvalue weighted by Crippen LogP contribution is -2.38. The average molecular weight is 340 g/mol. The van der Waals surface area contributed by atoms with Crippen LogP contribution < -0.4 is 15.4 Å². The number of hydrogen-bond acceptors (Lipinski definition) is 4. The van der Waals surface area contributed by atoms with Crippen LogP contribution in [0.4, 0.5) is 10.5 Å². The quantitative estimate of drug-likeness (QED) is 0.848. The summed E-state index contributed by atoms with van der Waals surface area (Å²) in [4.78, 5) is 18.6. The van der Waals surface area contributed by atoms with Gasteiger partial charge in [0.2, 0.25) is 0 Å². The Balaban J connectivity index is 1.64. The number of benzene rings is 1. The highest BCUT2D eigenvalue weighted by atomic mass is 16.5. The minimum Gasteiger partial charge on any atom is -0.497 e. The first-order valence-electron chi connectivity index (χ1n) is 8.59. The fourth-order valence-corrected chi connectivity index (χ4v) is 3.14. The highest BCUT2D eigenvalue weighted by molar-refractivity contribution is 5.88. The van der Waals surface area contributed by atoms with Gasteiger partial charge in [0.15, 0.2) is 0 Å². The van der Waals surface area contributed by atoms with Crippen LogP contribution in [0.3, 0.4) is 0 Å². The van der Waals surface area contributed by atoms with Crippen LogP contribution in [0.2, 0.25) is 0 Å². The van der Waals surface area contributed by atoms with Crippen LogP contribution >= 0.6 is 0 Å². The summed E-state index contributed by atoms with van der Waals surface area (Å²) in [6.07, 6.45) is 5.71. The van der Waals surface area contributed by atoms with E-state index in [9.17, 15) is 4.79 Å². The molecule has 25 heavy (non-hydrogen) atoms. The summed E-state index contributed by atoms with van der Waals surface area (Å²) < 4.78 is 5.24. The molecule has 1 aliphatic rings. The van der Waals surface area contributed by atoms with Crippen LogP contribution in [0.5, 0.6) is 5.75 Å². The predicted octanol–water partition coefficient (Wildman–Crippen LogP) is 3.05. The third kappa shape index (κ3) is 4.70. The van der Waals surface area contributed by atoms with E-state index in [1.54, 1.807) is 25.6 Å². The highest BCUT2D eigenvalue weighted by Gasteiger charge is 2.24. The van der Waals surface area contributed by atoms with Gasteiger partial charge in [-0.25, -0.2) is 4.79 Å². The van der Waals surface area contributed by atoms with E-state index in [-0.39, 0.29) is 12.1 Å². The third-order valence-corrected chi connectivity index (χ3v) is 4.46. The SMILES string of the molecule is COc1ccc(C(CNC(=O)Nc2cccnc2)N2CCCC2)cc1. The van der Waals surface area contributed by atoms with Crippen molar-refractivity contribution < 1.29 is 9.53 Å². The van der Waals surface area contributed by atoms with E-state index in [1.165, 1.54) is 18.4 Å². The van der Waals surface area contributed by atoms with Gasteiger partial charge >= 0.3 is 6.03 Å². The Kier molecular flexibility index (Phi) is 5.85. The number of methoxy groups -OCH3 is 1. The van der Waals surface area contributed by atoms with Crippen molar-refractivity contribution in [2.45, 2.75) is 18.9 Å². The topological polar surface area (TPSA) is 66.5 Å². The van der Waals surface area contributed by atoms with Crippen molar-refractivity contribution in [3.05, 3.63) is 54.4 Å². The maximum absolute atomic E-state index is 12.2. The lowest BCUT2D eigenvalue weighted by molar-refractivity contribution is 0.227. The normalized spacial score (nSPS) is 15.6. The zero-order valence-electron chi connectivity index (χ0n) is 14.4. The van der Waals surface area contributed by atoms with E-state index in [2.05, 4.69) is 32.7 Å². The molecule has 1 saturated heterocycles. The number of pyridine rings is 1. The molecule has 6 heteroatoms. The number of nitrogens with zero attached hydrogens (tertiary/aromatic N) is 2. The second-order valence-corrected chi connectivity index (χ2v) is 6.11. The Bertz CT molecular complexity index is 670. The van der Waals surface area contributed by atoms with Gasteiger partial charge in [-0.1, -0.05) is 12.1 Å². The number of ether oxygens (including phenoxy) is 1. The Morgan fingerprint density at radius 3 is 2.64 bits per heavy atom. The van der Waals surface area contributed by atoms with Gasteiger partial charge in [0, 0.05) is 12.7 Å². The monoisotopic (exact) mass is 340 g/mol. The van der Waals surface area contributed by atoms with Gasteiger partial charge < -0.3 is 15.4 Å². The Morgan fingerprint density at radius 2 is 2.00 bits per heavy atom. The Hall–Kier alpha value is -2.60. The zero-order valence-corrected chi connectivity index (χ0v) is 14.4. The molecule has 1 aliphatic heterocycles. The van der Waals surface area contributed by atoms with Crippen LogP contribution in [0, 0.1) is 0 Å². The molecule has 2 heterocycles. The Labute approximate surface area is 148 Å². The first kappa shape index (κ1) is 17.2. The molecule has 0 aliphatic carbocycles. The molecule has 0 spiro atoms. The second kappa shape index (κ2) is 8.48. The molecule has 2 aromatic rings. The zero-order chi connectivity index (χ0) is 17.5. The van der Waals surface area contributed by atoms with E-state index < -0.39 is 0 Å². The number of anilines is 1. The summed E-state index contributed by atoms with van der Waals surface area (Å²) in [5.74, 6) is 0.839. The minimum absolute atomic E-state index is 0.160. The van der Waals surface area contributed by atoms with Gasteiger partial charge in [-0.05, 0) is 55.8 Å². The van der Waals surface area contributed by atoms with Crippen LogP contribution in [-0.2, 0) is 0 Å². The van der Waals surface area contributed by atoms with E-state index in [0.29, 0.717) is 12.2 Å². The van der Waals surface area contributed by atoms with E-state index in [4.69, 9.17) is 4.74 Å². The maximum Gasteiger partial charge on any atom is 0.319 e. The smallest absolute Gasteiger partial charge is 0.319 e. The van der Waals surface area contributed by atoms with Gasteiger partial charge in [-0.3, -0.25) is 9.88 Å². The fraction of sp³-hybridized carbons (Fsp3) is 0.368. The average Bonchev–Trinajstić information content (AvgIpc) is 3.18. The summed E-state index contributed by atoms with van der Waals surface area (Å²) in [5.41, 5.74) is 1.87. The number of likely N-dealkylation sites (tertiary alicyclic amines) is 1. The molecule has 1 fully saturated rings. The van der Waals surface area contributed by atoms with Gasteiger partial charge in [0.25, 0.3) is 0 Å². The first-order valence-corrected chi connectivity index (χ1v) is 8.59. The number of carbonyl (C=O) groups is 1. The van der Waals surface area contributed by atoms with Gasteiger partial charge in [0.05, 0.1) is 25.0 Å². The van der Waals surface area contributed by atoms with Crippen LogP contribution in [0.1, 0.15) is 24.4 Å². The molecule has 6 nitrogen and oxygen atoms in total. The molecular weight excluding hydrogens is 316 g/mol. The Morgan fingerprint density at radius 1 is 1.24 bits per heavy atom. The summed E-state index contributed by atoms with van der Waals surface area (Å²) >= 11 is 0. The molecule has 1 aromatic heterocycles. The van der Waals surface area contributed by atoms with Crippen molar-refractivity contribution in [1.82, 2.24) is 15.2 Å². The molecule has 0 radical (unpaired) electrons. The van der Waals surface area contributed by atoms with Crippen LogP contribution in [0.25, 0.3) is 0 Å². The summed E-state index contributed by atoms with van der Waals surface area (Å²) in [7, 11) is 1.66. The van der Waals surface area contributed by atoms with Crippen molar-refractivity contribution in [3.63, 3.8) is 0 Å². The molecule has 1 aromatic carbocycles. The van der Waals surface area contributed by atoms with Gasteiger partial charge in [-0.2, -0.15) is 0 Å². The number of amides is 2. The number of urea groups is 1. The van der Waals surface area contributed by atoms with Crippen LogP contribution in [-0.4, -0.2) is 42.7 Å².